The number of aromatic nitrogens is 1. The molecule has 1 aliphatic carbocycles. The molecular weight excluding hydrogens is 252 g/mol. The Morgan fingerprint density at radius 3 is 3.06 bits per heavy atom. The molecule has 2 rings (SSSR count). The fraction of sp³-hybridized carbons (Fsp3) is 0.615. The zero-order valence-electron chi connectivity index (χ0n) is 10.2. The van der Waals surface area contributed by atoms with Gasteiger partial charge in [-0.15, -0.1) is 11.8 Å². The van der Waals surface area contributed by atoms with Crippen molar-refractivity contribution in [3.05, 3.63) is 23.4 Å². The number of halogens is 1. The zero-order valence-corrected chi connectivity index (χ0v) is 11.7. The number of thioether (sulfide) groups is 1. The lowest BCUT2D eigenvalue weighted by Gasteiger charge is -2.19. The van der Waals surface area contributed by atoms with Crippen LogP contribution in [0.25, 0.3) is 0 Å². The summed E-state index contributed by atoms with van der Waals surface area (Å²) < 4.78 is 0. The molecule has 0 amide bonds. The van der Waals surface area contributed by atoms with Gasteiger partial charge in [0.25, 0.3) is 0 Å². The number of hydrogen-bond donors (Lipinski definition) is 1. The van der Waals surface area contributed by atoms with Crippen molar-refractivity contribution in [2.75, 3.05) is 6.54 Å². The number of pyridine rings is 1. The third-order valence-corrected chi connectivity index (χ3v) is 4.65. The minimum Gasteiger partial charge on any atom is -0.313 e. The molecule has 0 spiro atoms. The highest BCUT2D eigenvalue weighted by molar-refractivity contribution is 7.99. The predicted molar refractivity (Wildman–Crippen MR) is 74.8 cm³/mol. The molecule has 1 heterocycles. The van der Waals surface area contributed by atoms with Crippen LogP contribution in [-0.4, -0.2) is 22.8 Å². The van der Waals surface area contributed by atoms with Gasteiger partial charge in [0, 0.05) is 17.5 Å². The Morgan fingerprint density at radius 2 is 2.35 bits per heavy atom. The van der Waals surface area contributed by atoms with E-state index < -0.39 is 0 Å². The Balaban J connectivity index is 1.90. The second-order valence-electron chi connectivity index (χ2n) is 4.46. The van der Waals surface area contributed by atoms with Gasteiger partial charge in [-0.25, -0.2) is 4.98 Å². The molecule has 1 aromatic rings. The van der Waals surface area contributed by atoms with Gasteiger partial charge in [-0.3, -0.25) is 0 Å². The van der Waals surface area contributed by atoms with E-state index in [0.717, 1.165) is 11.6 Å². The summed E-state index contributed by atoms with van der Waals surface area (Å²) in [7, 11) is 0. The molecule has 0 aromatic carbocycles. The minimum atomic E-state index is 0.650. The highest BCUT2D eigenvalue weighted by Crippen LogP contribution is 2.34. The fourth-order valence-corrected chi connectivity index (χ4v) is 3.58. The van der Waals surface area contributed by atoms with E-state index in [9.17, 15) is 0 Å². The average molecular weight is 271 g/mol. The third-order valence-electron chi connectivity index (χ3n) is 3.08. The average Bonchev–Trinajstić information content (AvgIpc) is 2.77. The van der Waals surface area contributed by atoms with Crippen molar-refractivity contribution in [3.8, 4) is 0 Å². The molecule has 1 N–H and O–H groups in total. The first-order chi connectivity index (χ1) is 8.29. The zero-order chi connectivity index (χ0) is 12.1. The first kappa shape index (κ1) is 13.2. The monoisotopic (exact) mass is 270 g/mol. The molecular formula is C13H19ClN2S. The van der Waals surface area contributed by atoms with Gasteiger partial charge in [0.2, 0.25) is 0 Å². The molecule has 2 atom stereocenters. The van der Waals surface area contributed by atoms with Gasteiger partial charge in [-0.2, -0.15) is 0 Å². The molecule has 17 heavy (non-hydrogen) atoms. The summed E-state index contributed by atoms with van der Waals surface area (Å²) in [5, 5.41) is 6.10. The topological polar surface area (TPSA) is 24.9 Å². The summed E-state index contributed by atoms with van der Waals surface area (Å²) in [6.07, 6.45) is 6.84. The van der Waals surface area contributed by atoms with E-state index in [2.05, 4.69) is 17.2 Å². The summed E-state index contributed by atoms with van der Waals surface area (Å²) in [5.41, 5.74) is 0. The molecule has 0 bridgehead atoms. The second kappa shape index (κ2) is 6.62. The van der Waals surface area contributed by atoms with Crippen molar-refractivity contribution in [3.63, 3.8) is 0 Å². The number of hydrogen-bond acceptors (Lipinski definition) is 3. The van der Waals surface area contributed by atoms with Crippen LogP contribution in [0.5, 0.6) is 0 Å². The van der Waals surface area contributed by atoms with E-state index in [4.69, 9.17) is 11.6 Å². The highest BCUT2D eigenvalue weighted by atomic mass is 35.5. The molecule has 0 aliphatic heterocycles. The van der Waals surface area contributed by atoms with Crippen LogP contribution in [0.2, 0.25) is 5.02 Å². The summed E-state index contributed by atoms with van der Waals surface area (Å²) in [6, 6.07) is 4.58. The highest BCUT2D eigenvalue weighted by Gasteiger charge is 2.27. The van der Waals surface area contributed by atoms with Crippen molar-refractivity contribution in [2.45, 2.75) is 48.9 Å². The lowest BCUT2D eigenvalue weighted by molar-refractivity contribution is 0.530. The third kappa shape index (κ3) is 3.87. The lowest BCUT2D eigenvalue weighted by Crippen LogP contribution is -2.34. The van der Waals surface area contributed by atoms with Gasteiger partial charge < -0.3 is 5.32 Å². The molecule has 2 nitrogen and oxygen atoms in total. The van der Waals surface area contributed by atoms with Crippen molar-refractivity contribution in [1.29, 1.82) is 0 Å². The largest absolute Gasteiger partial charge is 0.313 e. The second-order valence-corrected chi connectivity index (χ2v) is 6.16. The van der Waals surface area contributed by atoms with Crippen molar-refractivity contribution >= 4 is 23.4 Å². The van der Waals surface area contributed by atoms with Crippen LogP contribution >= 0.6 is 23.4 Å². The van der Waals surface area contributed by atoms with Crippen molar-refractivity contribution in [2.24, 2.45) is 0 Å². The Bertz CT molecular complexity index is 342. The van der Waals surface area contributed by atoms with E-state index in [1.54, 1.807) is 6.20 Å². The van der Waals surface area contributed by atoms with Gasteiger partial charge in [-0.05, 0) is 37.9 Å². The van der Waals surface area contributed by atoms with Crippen LogP contribution in [0.4, 0.5) is 0 Å². The standard InChI is InChI=1S/C13H19ClN2S/c1-2-8-15-11-4-3-5-12(11)17-13-7-6-10(14)9-16-13/h6-7,9,11-12,15H,2-5,8H2,1H3. The van der Waals surface area contributed by atoms with Gasteiger partial charge in [0.05, 0.1) is 10.0 Å². The molecule has 0 saturated heterocycles. The van der Waals surface area contributed by atoms with E-state index >= 15 is 0 Å². The lowest BCUT2D eigenvalue weighted by atomic mass is 10.2. The Labute approximate surface area is 113 Å². The number of nitrogens with zero attached hydrogens (tertiary/aromatic N) is 1. The summed E-state index contributed by atoms with van der Waals surface area (Å²) in [4.78, 5) is 4.36. The normalized spacial score (nSPS) is 24.1. The molecule has 1 aromatic heterocycles. The minimum absolute atomic E-state index is 0.650. The first-order valence-corrected chi connectivity index (χ1v) is 7.57. The van der Waals surface area contributed by atoms with Crippen LogP contribution < -0.4 is 5.32 Å². The summed E-state index contributed by atoms with van der Waals surface area (Å²) in [5.74, 6) is 0. The Hall–Kier alpha value is -0.250. The summed E-state index contributed by atoms with van der Waals surface area (Å²) >= 11 is 7.73. The van der Waals surface area contributed by atoms with Crippen LogP contribution in [0.15, 0.2) is 23.4 Å². The quantitative estimate of drug-likeness (QED) is 0.882. The van der Waals surface area contributed by atoms with Crippen LogP contribution in [0.1, 0.15) is 32.6 Å². The predicted octanol–water partition coefficient (Wildman–Crippen LogP) is 3.75. The van der Waals surface area contributed by atoms with E-state index in [1.165, 1.54) is 25.7 Å². The van der Waals surface area contributed by atoms with E-state index in [1.807, 2.05) is 23.9 Å². The maximum Gasteiger partial charge on any atom is 0.0964 e. The molecule has 2 unspecified atom stereocenters. The van der Waals surface area contributed by atoms with Crippen LogP contribution in [0.3, 0.4) is 0 Å². The molecule has 1 saturated carbocycles. The molecule has 94 valence electrons. The SMILES string of the molecule is CCCNC1CCCC1Sc1ccc(Cl)cn1. The Kier molecular flexibility index (Phi) is 5.14. The van der Waals surface area contributed by atoms with Crippen molar-refractivity contribution in [1.82, 2.24) is 10.3 Å². The van der Waals surface area contributed by atoms with Gasteiger partial charge in [-0.1, -0.05) is 24.9 Å². The number of rotatable bonds is 5. The number of nitrogens with one attached hydrogen (secondary N) is 1. The molecule has 0 radical (unpaired) electrons. The van der Waals surface area contributed by atoms with E-state index in [0.29, 0.717) is 16.3 Å². The maximum atomic E-state index is 5.84. The van der Waals surface area contributed by atoms with Crippen molar-refractivity contribution < 1.29 is 0 Å². The molecule has 1 fully saturated rings. The maximum absolute atomic E-state index is 5.84. The fourth-order valence-electron chi connectivity index (χ4n) is 2.22. The van der Waals surface area contributed by atoms with Gasteiger partial charge in [0.15, 0.2) is 0 Å². The summed E-state index contributed by atoms with van der Waals surface area (Å²) in [6.45, 7) is 3.33. The van der Waals surface area contributed by atoms with Crippen LogP contribution in [-0.2, 0) is 0 Å². The van der Waals surface area contributed by atoms with Crippen LogP contribution in [0, 0.1) is 0 Å². The van der Waals surface area contributed by atoms with Gasteiger partial charge in [0.1, 0.15) is 0 Å². The van der Waals surface area contributed by atoms with E-state index in [-0.39, 0.29) is 0 Å². The Morgan fingerprint density at radius 1 is 1.47 bits per heavy atom. The molecule has 4 heteroatoms. The first-order valence-electron chi connectivity index (χ1n) is 6.31. The van der Waals surface area contributed by atoms with Gasteiger partial charge >= 0.3 is 0 Å². The molecule has 1 aliphatic rings. The smallest absolute Gasteiger partial charge is 0.0964 e.